The van der Waals surface area contributed by atoms with Crippen LogP contribution in [0.3, 0.4) is 0 Å². The fraction of sp³-hybridized carbons (Fsp3) is 0.286. The van der Waals surface area contributed by atoms with Crippen LogP contribution >= 0.6 is 15.9 Å². The summed E-state index contributed by atoms with van der Waals surface area (Å²) in [5, 5.41) is 0.789. The summed E-state index contributed by atoms with van der Waals surface area (Å²) in [6, 6.07) is 9.98. The highest BCUT2D eigenvalue weighted by Gasteiger charge is 2.18. The number of aromatic nitrogens is 1. The first-order chi connectivity index (χ1) is 14.1. The average Bonchev–Trinajstić information content (AvgIpc) is 2.73. The summed E-state index contributed by atoms with van der Waals surface area (Å²) >= 11 is 3.65. The first kappa shape index (κ1) is 19.9. The average molecular weight is 462 g/mol. The molecule has 0 atom stereocenters. The number of nitrogens with zero attached hydrogens (tertiary/aromatic N) is 1. The van der Waals surface area contributed by atoms with Crippen molar-refractivity contribution < 1.29 is 13.9 Å². The first-order valence-corrected chi connectivity index (χ1v) is 10.2. The van der Waals surface area contributed by atoms with Crippen LogP contribution in [-0.2, 0) is 4.74 Å². The molecule has 0 saturated carbocycles. The molecule has 0 amide bonds. The van der Waals surface area contributed by atoms with E-state index in [-0.39, 0.29) is 17.6 Å². The molecule has 6 nitrogen and oxygen atoms in total. The van der Waals surface area contributed by atoms with Gasteiger partial charge >= 0.3 is 0 Å². The number of benzene rings is 2. The van der Waals surface area contributed by atoms with E-state index < -0.39 is 5.82 Å². The minimum atomic E-state index is -0.474. The fourth-order valence-electron chi connectivity index (χ4n) is 3.51. The number of rotatable bonds is 5. The molecule has 8 heteroatoms. The van der Waals surface area contributed by atoms with E-state index in [9.17, 15) is 9.18 Å². The van der Waals surface area contributed by atoms with Gasteiger partial charge < -0.3 is 25.1 Å². The van der Waals surface area contributed by atoms with Crippen molar-refractivity contribution in [2.24, 2.45) is 5.73 Å². The van der Waals surface area contributed by atoms with Gasteiger partial charge in [0, 0.05) is 35.1 Å². The van der Waals surface area contributed by atoms with Crippen LogP contribution in [0.2, 0.25) is 0 Å². The van der Waals surface area contributed by atoms with Gasteiger partial charge in [0.1, 0.15) is 12.4 Å². The number of nitrogens with two attached hydrogens (primary N) is 1. The van der Waals surface area contributed by atoms with Gasteiger partial charge in [-0.1, -0.05) is 6.07 Å². The maximum Gasteiger partial charge on any atom is 0.256 e. The fourth-order valence-corrected chi connectivity index (χ4v) is 4.14. The van der Waals surface area contributed by atoms with Crippen molar-refractivity contribution in [1.29, 1.82) is 0 Å². The monoisotopic (exact) mass is 461 g/mol. The van der Waals surface area contributed by atoms with Crippen LogP contribution < -0.4 is 20.9 Å². The van der Waals surface area contributed by atoms with Gasteiger partial charge in [-0.15, -0.1) is 0 Å². The molecule has 29 heavy (non-hydrogen) atoms. The third-order valence-corrected chi connectivity index (χ3v) is 5.52. The number of ether oxygens (including phenoxy) is 2. The molecule has 3 N–H and O–H groups in total. The molecule has 0 bridgehead atoms. The smallest absolute Gasteiger partial charge is 0.256 e. The van der Waals surface area contributed by atoms with E-state index in [4.69, 9.17) is 15.2 Å². The Bertz CT molecular complexity index is 1100. The number of H-pyrrole nitrogens is 1. The molecule has 152 valence electrons. The Hall–Kier alpha value is -2.42. The Morgan fingerprint density at radius 1 is 1.17 bits per heavy atom. The number of fused-ring (bicyclic) bond motifs is 1. The zero-order valence-electron chi connectivity index (χ0n) is 15.7. The van der Waals surface area contributed by atoms with Crippen LogP contribution in [0, 0.1) is 5.82 Å². The van der Waals surface area contributed by atoms with E-state index in [1.54, 1.807) is 6.07 Å². The van der Waals surface area contributed by atoms with Crippen molar-refractivity contribution in [2.45, 2.75) is 0 Å². The van der Waals surface area contributed by atoms with Gasteiger partial charge in [0.15, 0.2) is 5.75 Å². The lowest BCUT2D eigenvalue weighted by Crippen LogP contribution is -2.36. The van der Waals surface area contributed by atoms with Crippen LogP contribution in [0.4, 0.5) is 10.1 Å². The van der Waals surface area contributed by atoms with E-state index in [0.29, 0.717) is 36.6 Å². The summed E-state index contributed by atoms with van der Waals surface area (Å²) in [5.41, 5.74) is 7.62. The van der Waals surface area contributed by atoms with Gasteiger partial charge in [-0.2, -0.15) is 0 Å². The molecule has 0 unspecified atom stereocenters. The Morgan fingerprint density at radius 2 is 1.97 bits per heavy atom. The molecule has 1 fully saturated rings. The molecule has 4 rings (SSSR count). The lowest BCUT2D eigenvalue weighted by atomic mass is 10.0. The van der Waals surface area contributed by atoms with Crippen molar-refractivity contribution in [3.8, 4) is 17.0 Å². The number of hydrogen-bond donors (Lipinski definition) is 2. The molecule has 1 saturated heterocycles. The number of halogens is 2. The number of pyridine rings is 1. The van der Waals surface area contributed by atoms with Crippen molar-refractivity contribution in [2.75, 3.05) is 44.4 Å². The second kappa shape index (κ2) is 8.52. The molecular weight excluding hydrogens is 441 g/mol. The van der Waals surface area contributed by atoms with E-state index in [1.807, 2.05) is 18.2 Å². The predicted octanol–water partition coefficient (Wildman–Crippen LogP) is 3.27. The first-order valence-electron chi connectivity index (χ1n) is 9.39. The summed E-state index contributed by atoms with van der Waals surface area (Å²) in [7, 11) is 0. The maximum atomic E-state index is 13.7. The highest BCUT2D eigenvalue weighted by molar-refractivity contribution is 9.10. The zero-order valence-corrected chi connectivity index (χ0v) is 17.3. The molecule has 0 spiro atoms. The highest BCUT2D eigenvalue weighted by atomic mass is 79.9. The zero-order chi connectivity index (χ0) is 20.4. The Balaban J connectivity index is 1.83. The number of nitrogens with one attached hydrogen (secondary N) is 1. The summed E-state index contributed by atoms with van der Waals surface area (Å²) < 4.78 is 25.9. The molecule has 1 aliphatic rings. The lowest BCUT2D eigenvalue weighted by Gasteiger charge is -2.30. The van der Waals surface area contributed by atoms with Crippen LogP contribution in [0.1, 0.15) is 0 Å². The Morgan fingerprint density at radius 3 is 2.69 bits per heavy atom. The van der Waals surface area contributed by atoms with Crippen molar-refractivity contribution >= 4 is 32.4 Å². The minimum absolute atomic E-state index is 0.241. The summed E-state index contributed by atoms with van der Waals surface area (Å²) in [5.74, 6) is 0.00852. The molecule has 0 aliphatic carbocycles. The molecule has 2 aromatic carbocycles. The van der Waals surface area contributed by atoms with Crippen molar-refractivity contribution in [1.82, 2.24) is 4.98 Å². The Labute approximate surface area is 175 Å². The topological polar surface area (TPSA) is 80.6 Å². The summed E-state index contributed by atoms with van der Waals surface area (Å²) in [6.45, 7) is 3.63. The molecule has 3 aromatic rings. The second-order valence-corrected chi connectivity index (χ2v) is 7.61. The normalized spacial score (nSPS) is 14.4. The maximum absolute atomic E-state index is 13.7. The van der Waals surface area contributed by atoms with Crippen LogP contribution in [0.5, 0.6) is 5.75 Å². The van der Waals surface area contributed by atoms with Gasteiger partial charge in [0.05, 0.1) is 30.0 Å². The van der Waals surface area contributed by atoms with E-state index >= 15 is 0 Å². The van der Waals surface area contributed by atoms with E-state index in [0.717, 1.165) is 28.8 Å². The molecule has 2 heterocycles. The van der Waals surface area contributed by atoms with Gasteiger partial charge in [-0.05, 0) is 46.3 Å². The number of morpholine rings is 1. The molecule has 1 aliphatic heterocycles. The van der Waals surface area contributed by atoms with Crippen molar-refractivity contribution in [3.63, 3.8) is 0 Å². The Kier molecular flexibility index (Phi) is 5.84. The van der Waals surface area contributed by atoms with Gasteiger partial charge in [-0.3, -0.25) is 4.79 Å². The third kappa shape index (κ3) is 4.01. The quantitative estimate of drug-likeness (QED) is 0.609. The standard InChI is InChI=1S/C21H21BrFN3O3/c22-17-11-13(1-4-18(17)26-6-9-28-10-7-26)19-20(29-8-5-24)15-3-2-14(23)12-16(15)21(27)25-19/h1-4,11-12H,5-10,24H2,(H,25,27). The SMILES string of the molecule is NCCOc1c(-c2ccc(N3CCOCC3)c(Br)c2)[nH]c(=O)c2cc(F)ccc12. The second-order valence-electron chi connectivity index (χ2n) is 6.75. The van der Waals surface area contributed by atoms with Crippen LogP contribution in [0.25, 0.3) is 22.0 Å². The van der Waals surface area contributed by atoms with Crippen LogP contribution in [-0.4, -0.2) is 44.4 Å². The lowest BCUT2D eigenvalue weighted by molar-refractivity contribution is 0.122. The van der Waals surface area contributed by atoms with Crippen molar-refractivity contribution in [3.05, 3.63) is 57.0 Å². The van der Waals surface area contributed by atoms with Gasteiger partial charge in [0.2, 0.25) is 0 Å². The summed E-state index contributed by atoms with van der Waals surface area (Å²) in [4.78, 5) is 17.7. The minimum Gasteiger partial charge on any atom is -0.489 e. The highest BCUT2D eigenvalue weighted by Crippen LogP contribution is 2.37. The van der Waals surface area contributed by atoms with Crippen LogP contribution in [0.15, 0.2) is 45.7 Å². The number of aromatic amines is 1. The van der Waals surface area contributed by atoms with E-state index in [2.05, 4.69) is 25.8 Å². The third-order valence-electron chi connectivity index (χ3n) is 4.89. The molecule has 1 aromatic heterocycles. The largest absolute Gasteiger partial charge is 0.489 e. The molecule has 0 radical (unpaired) electrons. The predicted molar refractivity (Wildman–Crippen MR) is 115 cm³/mol. The van der Waals surface area contributed by atoms with E-state index in [1.165, 1.54) is 12.1 Å². The number of anilines is 1. The number of hydrogen-bond acceptors (Lipinski definition) is 5. The molecular formula is C21H21BrFN3O3. The van der Waals surface area contributed by atoms with Gasteiger partial charge in [-0.25, -0.2) is 4.39 Å². The van der Waals surface area contributed by atoms with Gasteiger partial charge in [0.25, 0.3) is 5.56 Å². The summed E-state index contributed by atoms with van der Waals surface area (Å²) in [6.07, 6.45) is 0.